The van der Waals surface area contributed by atoms with Crippen LogP contribution in [0.5, 0.6) is 5.75 Å². The maximum absolute atomic E-state index is 13.0. The Bertz CT molecular complexity index is 946. The van der Waals surface area contributed by atoms with E-state index in [9.17, 15) is 9.59 Å². The molecule has 37 heavy (non-hydrogen) atoms. The first-order chi connectivity index (χ1) is 17.8. The van der Waals surface area contributed by atoms with Gasteiger partial charge in [0.15, 0.2) is 6.04 Å². The lowest BCUT2D eigenvalue weighted by Crippen LogP contribution is -2.38. The molecule has 1 saturated carbocycles. The summed E-state index contributed by atoms with van der Waals surface area (Å²) in [6, 6.07) is 15.4. The molecule has 2 aromatic carbocycles. The Labute approximate surface area is 220 Å². The molecule has 0 aromatic heterocycles. The van der Waals surface area contributed by atoms with Gasteiger partial charge in [-0.15, -0.1) is 0 Å². The molecule has 1 fully saturated rings. The van der Waals surface area contributed by atoms with E-state index < -0.39 is 23.7 Å². The van der Waals surface area contributed by atoms with Gasteiger partial charge in [-0.05, 0) is 56.9 Å². The molecule has 3 rings (SSSR count). The zero-order chi connectivity index (χ0) is 26.5. The van der Waals surface area contributed by atoms with Gasteiger partial charge in [-0.1, -0.05) is 74.6 Å². The fraction of sp³-hybridized carbons (Fsp3) is 0.533. The van der Waals surface area contributed by atoms with Crippen LogP contribution in [0.4, 0.5) is 4.79 Å². The van der Waals surface area contributed by atoms with E-state index in [1.54, 1.807) is 45.0 Å². The minimum atomic E-state index is -1.02. The van der Waals surface area contributed by atoms with Crippen molar-refractivity contribution in [3.05, 3.63) is 65.7 Å². The minimum Gasteiger partial charge on any atom is -0.491 e. The summed E-state index contributed by atoms with van der Waals surface area (Å²) in [7, 11) is 0. The summed E-state index contributed by atoms with van der Waals surface area (Å²) in [4.78, 5) is 25.4. The molecule has 1 aliphatic carbocycles. The van der Waals surface area contributed by atoms with Crippen molar-refractivity contribution in [3.63, 3.8) is 0 Å². The maximum Gasteiger partial charge on any atom is 0.408 e. The highest BCUT2D eigenvalue weighted by molar-refractivity contribution is 5.83. The molecule has 7 heteroatoms. The largest absolute Gasteiger partial charge is 0.491 e. The molecular formula is C30H41NO6. The van der Waals surface area contributed by atoms with E-state index in [4.69, 9.17) is 18.9 Å². The van der Waals surface area contributed by atoms with Crippen LogP contribution in [0.3, 0.4) is 0 Å². The van der Waals surface area contributed by atoms with Crippen molar-refractivity contribution in [1.82, 2.24) is 5.32 Å². The molecule has 202 valence electrons. The average Bonchev–Trinajstić information content (AvgIpc) is 2.85. The highest BCUT2D eigenvalue weighted by Gasteiger charge is 2.27. The normalized spacial score (nSPS) is 15.6. The van der Waals surface area contributed by atoms with Gasteiger partial charge in [0, 0.05) is 0 Å². The Kier molecular flexibility index (Phi) is 11.3. The molecule has 7 nitrogen and oxygen atoms in total. The van der Waals surface area contributed by atoms with Crippen LogP contribution in [-0.2, 0) is 25.6 Å². The number of alkyl carbamates (subject to hydrolysis) is 1. The smallest absolute Gasteiger partial charge is 0.408 e. The molecule has 2 aromatic rings. The van der Waals surface area contributed by atoms with Crippen LogP contribution in [0, 0.1) is 0 Å². The van der Waals surface area contributed by atoms with Gasteiger partial charge in [0.05, 0.1) is 12.7 Å². The Morgan fingerprint density at radius 2 is 1.54 bits per heavy atom. The van der Waals surface area contributed by atoms with Gasteiger partial charge in [-0.2, -0.15) is 0 Å². The number of hydrogen-bond acceptors (Lipinski definition) is 6. The van der Waals surface area contributed by atoms with Gasteiger partial charge in [-0.25, -0.2) is 9.59 Å². The number of hydrogen-bond donors (Lipinski definition) is 1. The van der Waals surface area contributed by atoms with Crippen LogP contribution < -0.4 is 10.1 Å². The van der Waals surface area contributed by atoms with E-state index in [2.05, 4.69) is 5.32 Å². The first-order valence-electron chi connectivity index (χ1n) is 13.3. The summed E-state index contributed by atoms with van der Waals surface area (Å²) < 4.78 is 22.7. The highest BCUT2D eigenvalue weighted by Crippen LogP contribution is 2.22. The monoisotopic (exact) mass is 511 g/mol. The number of benzene rings is 2. The van der Waals surface area contributed by atoms with Gasteiger partial charge in [0.25, 0.3) is 0 Å². The third-order valence-electron chi connectivity index (χ3n) is 6.09. The summed E-state index contributed by atoms with van der Waals surface area (Å²) in [5, 5.41) is 2.65. The zero-order valence-electron chi connectivity index (χ0n) is 22.4. The van der Waals surface area contributed by atoms with Gasteiger partial charge in [0.1, 0.15) is 24.6 Å². The van der Waals surface area contributed by atoms with E-state index in [-0.39, 0.29) is 6.61 Å². The molecule has 0 spiro atoms. The molecule has 1 aliphatic rings. The van der Waals surface area contributed by atoms with E-state index in [1.165, 1.54) is 32.1 Å². The average molecular weight is 512 g/mol. The maximum atomic E-state index is 13.0. The zero-order valence-corrected chi connectivity index (χ0v) is 22.4. The Morgan fingerprint density at radius 3 is 2.19 bits per heavy atom. The Balaban J connectivity index is 1.56. The van der Waals surface area contributed by atoms with Gasteiger partial charge < -0.3 is 24.3 Å². The molecule has 0 saturated heterocycles. The molecule has 0 aliphatic heterocycles. The van der Waals surface area contributed by atoms with Crippen LogP contribution >= 0.6 is 0 Å². The lowest BCUT2D eigenvalue weighted by atomic mass is 9.99. The SMILES string of the molecule is CC(C)(C)OC(=O)N[C@H](C(=O)OCc1ccccc1)c1ccc(OCCOC2CCCCCCC2)cc1. The summed E-state index contributed by atoms with van der Waals surface area (Å²) in [5.41, 5.74) is 0.734. The van der Waals surface area contributed by atoms with Crippen molar-refractivity contribution in [2.24, 2.45) is 0 Å². The summed E-state index contributed by atoms with van der Waals surface area (Å²) >= 11 is 0. The molecule has 0 bridgehead atoms. The van der Waals surface area contributed by atoms with Crippen LogP contribution in [0.1, 0.15) is 82.9 Å². The second-order valence-corrected chi connectivity index (χ2v) is 10.4. The van der Waals surface area contributed by atoms with E-state index in [1.807, 2.05) is 30.3 Å². The lowest BCUT2D eigenvalue weighted by molar-refractivity contribution is -0.147. The van der Waals surface area contributed by atoms with Gasteiger partial charge in [0.2, 0.25) is 0 Å². The molecule has 0 radical (unpaired) electrons. The van der Waals surface area contributed by atoms with E-state index in [0.29, 0.717) is 30.6 Å². The van der Waals surface area contributed by atoms with Gasteiger partial charge >= 0.3 is 12.1 Å². The van der Waals surface area contributed by atoms with Crippen LogP contribution in [0.25, 0.3) is 0 Å². The molecule has 1 N–H and O–H groups in total. The second kappa shape index (κ2) is 14.6. The van der Waals surface area contributed by atoms with Crippen molar-refractivity contribution >= 4 is 12.1 Å². The molecule has 0 unspecified atom stereocenters. The van der Waals surface area contributed by atoms with E-state index in [0.717, 1.165) is 18.4 Å². The molecule has 0 heterocycles. The lowest BCUT2D eigenvalue weighted by Gasteiger charge is -2.23. The van der Waals surface area contributed by atoms with Crippen LogP contribution in [0.15, 0.2) is 54.6 Å². The first kappa shape index (κ1) is 28.5. The predicted octanol–water partition coefficient (Wildman–Crippen LogP) is 6.50. The summed E-state index contributed by atoms with van der Waals surface area (Å²) in [5.74, 6) is 0.0923. The minimum absolute atomic E-state index is 0.106. The fourth-order valence-electron chi connectivity index (χ4n) is 4.23. The van der Waals surface area contributed by atoms with Crippen molar-refractivity contribution in [2.45, 2.75) is 90.1 Å². The first-order valence-corrected chi connectivity index (χ1v) is 13.3. The third kappa shape index (κ3) is 10.8. The number of esters is 1. The van der Waals surface area contributed by atoms with Crippen molar-refractivity contribution in [2.75, 3.05) is 13.2 Å². The quantitative estimate of drug-likeness (QED) is 0.289. The predicted molar refractivity (Wildman–Crippen MR) is 142 cm³/mol. The number of rotatable bonds is 10. The van der Waals surface area contributed by atoms with Crippen molar-refractivity contribution < 1.29 is 28.5 Å². The van der Waals surface area contributed by atoms with Crippen LogP contribution in [-0.4, -0.2) is 37.0 Å². The number of carbonyl (C=O) groups is 2. The van der Waals surface area contributed by atoms with E-state index >= 15 is 0 Å². The topological polar surface area (TPSA) is 83.1 Å². The van der Waals surface area contributed by atoms with Crippen molar-refractivity contribution in [3.8, 4) is 5.75 Å². The van der Waals surface area contributed by atoms with Crippen molar-refractivity contribution in [1.29, 1.82) is 0 Å². The standard InChI is InChI=1S/C30H41NO6/c1-30(2,3)37-29(33)31-27(28(32)36-22-23-12-8-7-9-13-23)24-16-18-26(19-17-24)35-21-20-34-25-14-10-5-4-6-11-15-25/h7-9,12-13,16-19,25,27H,4-6,10-11,14-15,20-22H2,1-3H3,(H,31,33)/t27-/m0/s1. The van der Waals surface area contributed by atoms with Gasteiger partial charge in [-0.3, -0.25) is 0 Å². The number of carbonyl (C=O) groups excluding carboxylic acids is 2. The fourth-order valence-corrected chi connectivity index (χ4v) is 4.23. The second-order valence-electron chi connectivity index (χ2n) is 10.4. The molecule has 1 amide bonds. The van der Waals surface area contributed by atoms with Crippen LogP contribution in [0.2, 0.25) is 0 Å². The Hall–Kier alpha value is -3.06. The summed E-state index contributed by atoms with van der Waals surface area (Å²) in [6.07, 6.45) is 8.29. The number of nitrogens with one attached hydrogen (secondary N) is 1. The molecular weight excluding hydrogens is 470 g/mol. The molecule has 1 atom stereocenters. The third-order valence-corrected chi connectivity index (χ3v) is 6.09. The highest BCUT2D eigenvalue weighted by atomic mass is 16.6. The Morgan fingerprint density at radius 1 is 0.892 bits per heavy atom. The number of amides is 1. The summed E-state index contributed by atoms with van der Waals surface area (Å²) in [6.45, 7) is 6.40. The number of ether oxygens (including phenoxy) is 4.